The van der Waals surface area contributed by atoms with Crippen LogP contribution in [0.4, 0.5) is 0 Å². The molecule has 0 aliphatic rings. The van der Waals surface area contributed by atoms with E-state index in [1.54, 1.807) is 0 Å². The molecule has 0 N–H and O–H groups in total. The number of fused-ring (bicyclic) bond motifs is 6. The Kier molecular flexibility index (Phi) is 7.46. The summed E-state index contributed by atoms with van der Waals surface area (Å²) in [7, 11) is 0. The quantitative estimate of drug-likeness (QED) is 0.172. The summed E-state index contributed by atoms with van der Waals surface area (Å²) in [5.41, 5.74) is 14.0. The van der Waals surface area contributed by atoms with Crippen LogP contribution >= 0.6 is 0 Å². The number of benzene rings is 8. The number of nitrogens with zero attached hydrogens (tertiary/aromatic N) is 3. The molecule has 8 aromatic carbocycles. The van der Waals surface area contributed by atoms with Gasteiger partial charge in [-0.25, -0.2) is 9.97 Å². The number of furan rings is 1. The van der Waals surface area contributed by atoms with Gasteiger partial charge in [-0.3, -0.25) is 0 Å². The average Bonchev–Trinajstić information content (AvgIpc) is 3.82. The lowest BCUT2D eigenvalue weighted by atomic mass is 9.93. The number of hydrogen-bond acceptors (Lipinski definition) is 3. The second-order valence-electron chi connectivity index (χ2n) is 14.1. The molecule has 0 aliphatic heterocycles. The van der Waals surface area contributed by atoms with E-state index in [9.17, 15) is 0 Å². The van der Waals surface area contributed by atoms with E-state index < -0.39 is 0 Å². The van der Waals surface area contributed by atoms with Crippen molar-refractivity contribution in [1.29, 1.82) is 0 Å². The molecule has 11 aromatic rings. The van der Waals surface area contributed by atoms with E-state index >= 15 is 0 Å². The second kappa shape index (κ2) is 13.1. The predicted octanol–water partition coefficient (Wildman–Crippen LogP) is 13.8. The van der Waals surface area contributed by atoms with Crippen molar-refractivity contribution in [2.45, 2.75) is 0 Å². The molecule has 4 nitrogen and oxygen atoms in total. The highest BCUT2D eigenvalue weighted by Crippen LogP contribution is 2.43. The number of hydrogen-bond donors (Lipinski definition) is 0. The van der Waals surface area contributed by atoms with Crippen molar-refractivity contribution in [2.75, 3.05) is 0 Å². The van der Waals surface area contributed by atoms with Crippen molar-refractivity contribution < 1.29 is 4.42 Å². The zero-order valence-corrected chi connectivity index (χ0v) is 30.3. The maximum atomic E-state index is 7.00. The molecule has 262 valence electrons. The minimum absolute atomic E-state index is 0.683. The molecule has 0 amide bonds. The van der Waals surface area contributed by atoms with E-state index in [2.05, 4.69) is 174 Å². The molecule has 0 aliphatic carbocycles. The van der Waals surface area contributed by atoms with Crippen LogP contribution in [0.15, 0.2) is 205 Å². The maximum absolute atomic E-state index is 7.00. The molecular weight excluding hydrogens is 683 g/mol. The summed E-state index contributed by atoms with van der Waals surface area (Å²) in [5.74, 6) is 0.683. The topological polar surface area (TPSA) is 43.9 Å². The van der Waals surface area contributed by atoms with Crippen LogP contribution in [0.5, 0.6) is 0 Å². The van der Waals surface area contributed by atoms with Gasteiger partial charge >= 0.3 is 0 Å². The van der Waals surface area contributed by atoms with Crippen LogP contribution in [0, 0.1) is 0 Å². The molecule has 0 fully saturated rings. The van der Waals surface area contributed by atoms with Crippen LogP contribution in [0.3, 0.4) is 0 Å². The molecule has 0 saturated carbocycles. The highest BCUT2D eigenvalue weighted by molar-refractivity contribution is 6.13. The monoisotopic (exact) mass is 715 g/mol. The third-order valence-electron chi connectivity index (χ3n) is 10.8. The van der Waals surface area contributed by atoms with Crippen LogP contribution < -0.4 is 0 Å². The summed E-state index contributed by atoms with van der Waals surface area (Å²) >= 11 is 0. The van der Waals surface area contributed by atoms with Crippen LogP contribution in [-0.4, -0.2) is 14.5 Å². The van der Waals surface area contributed by atoms with Crippen LogP contribution in [0.2, 0.25) is 0 Å². The van der Waals surface area contributed by atoms with Crippen molar-refractivity contribution in [2.24, 2.45) is 0 Å². The van der Waals surface area contributed by atoms with E-state index in [1.165, 1.54) is 21.9 Å². The van der Waals surface area contributed by atoms with Crippen LogP contribution in [-0.2, 0) is 0 Å². The maximum Gasteiger partial charge on any atom is 0.160 e. The number of para-hydroxylation sites is 2. The van der Waals surface area contributed by atoms with Gasteiger partial charge in [-0.2, -0.15) is 0 Å². The fourth-order valence-electron chi connectivity index (χ4n) is 8.22. The normalized spacial score (nSPS) is 11.6. The van der Waals surface area contributed by atoms with Gasteiger partial charge in [0, 0.05) is 43.8 Å². The first-order valence-electron chi connectivity index (χ1n) is 18.9. The lowest BCUT2D eigenvalue weighted by Gasteiger charge is -2.17. The average molecular weight is 716 g/mol. The third-order valence-corrected chi connectivity index (χ3v) is 10.8. The van der Waals surface area contributed by atoms with Crippen molar-refractivity contribution in [3.8, 4) is 61.8 Å². The molecule has 3 aromatic heterocycles. The fraction of sp³-hybridized carbons (Fsp3) is 0. The number of rotatable bonds is 6. The Morgan fingerprint density at radius 3 is 1.57 bits per heavy atom. The molecule has 0 spiro atoms. The molecule has 0 bridgehead atoms. The minimum atomic E-state index is 0.683. The molecule has 11 rings (SSSR count). The molecule has 0 radical (unpaired) electrons. The Labute approximate surface area is 323 Å². The molecule has 56 heavy (non-hydrogen) atoms. The van der Waals surface area contributed by atoms with Crippen molar-refractivity contribution in [1.82, 2.24) is 14.5 Å². The van der Waals surface area contributed by atoms with E-state index in [0.717, 1.165) is 77.9 Å². The lowest BCUT2D eigenvalue weighted by molar-refractivity contribution is 0.666. The zero-order chi connectivity index (χ0) is 37.0. The first kappa shape index (κ1) is 31.9. The second-order valence-corrected chi connectivity index (χ2v) is 14.1. The van der Waals surface area contributed by atoms with Gasteiger partial charge in [0.25, 0.3) is 0 Å². The van der Waals surface area contributed by atoms with E-state index in [1.807, 2.05) is 30.3 Å². The number of aromatic nitrogens is 3. The van der Waals surface area contributed by atoms with Gasteiger partial charge in [0.15, 0.2) is 11.4 Å². The Bertz CT molecular complexity index is 3160. The van der Waals surface area contributed by atoms with Gasteiger partial charge in [0.05, 0.1) is 28.1 Å². The Morgan fingerprint density at radius 1 is 0.357 bits per heavy atom. The summed E-state index contributed by atoms with van der Waals surface area (Å²) in [6.45, 7) is 0. The summed E-state index contributed by atoms with van der Waals surface area (Å²) in [6.07, 6.45) is 0. The van der Waals surface area contributed by atoms with Gasteiger partial charge in [-0.05, 0) is 47.0 Å². The molecule has 0 saturated heterocycles. The summed E-state index contributed by atoms with van der Waals surface area (Å²) in [4.78, 5) is 10.6. The Morgan fingerprint density at radius 2 is 0.893 bits per heavy atom. The molecule has 3 heterocycles. The lowest BCUT2D eigenvalue weighted by Crippen LogP contribution is -2.00. The van der Waals surface area contributed by atoms with Crippen LogP contribution in [0.1, 0.15) is 0 Å². The van der Waals surface area contributed by atoms with Gasteiger partial charge in [0.2, 0.25) is 0 Å². The van der Waals surface area contributed by atoms with Gasteiger partial charge in [0.1, 0.15) is 5.58 Å². The highest BCUT2D eigenvalue weighted by Gasteiger charge is 2.23. The van der Waals surface area contributed by atoms with Gasteiger partial charge in [-0.1, -0.05) is 170 Å². The van der Waals surface area contributed by atoms with Crippen molar-refractivity contribution >= 4 is 43.7 Å². The smallest absolute Gasteiger partial charge is 0.160 e. The predicted molar refractivity (Wildman–Crippen MR) is 231 cm³/mol. The first-order chi connectivity index (χ1) is 27.8. The fourth-order valence-corrected chi connectivity index (χ4v) is 8.22. The third kappa shape index (κ3) is 5.23. The van der Waals surface area contributed by atoms with Gasteiger partial charge in [-0.15, -0.1) is 0 Å². The van der Waals surface area contributed by atoms with E-state index in [4.69, 9.17) is 14.4 Å². The Hall–Kier alpha value is -7.56. The standard InChI is InChI=1S/C52H33N3O/c1-5-16-34(17-6-1)38-28-30-41-40-24-13-14-26-44(40)55(46(41)32-38)45-27-15-25-43-42-31-29-39(33-47(42)56-51(43)45)48-49(35-18-7-2-8-19-35)53-52(37-22-11-4-12-23-37)54-50(48)36-20-9-3-10-21-36/h1-33H. The van der Waals surface area contributed by atoms with E-state index in [0.29, 0.717) is 5.82 Å². The Balaban J connectivity index is 1.15. The SMILES string of the molecule is c1ccc(-c2ccc3c4ccccc4n(-c4cccc5c4oc4cc(-c6c(-c7ccccc7)nc(-c7ccccc7)nc6-c6ccccc6)ccc45)c3c2)cc1. The van der Waals surface area contributed by atoms with E-state index in [-0.39, 0.29) is 0 Å². The first-order valence-corrected chi connectivity index (χ1v) is 18.9. The largest absolute Gasteiger partial charge is 0.454 e. The molecule has 4 heteroatoms. The van der Waals surface area contributed by atoms with Crippen molar-refractivity contribution in [3.63, 3.8) is 0 Å². The van der Waals surface area contributed by atoms with Crippen LogP contribution in [0.25, 0.3) is 106 Å². The minimum Gasteiger partial charge on any atom is -0.454 e. The van der Waals surface area contributed by atoms with Crippen molar-refractivity contribution in [3.05, 3.63) is 200 Å². The molecule has 0 atom stereocenters. The summed E-state index contributed by atoms with van der Waals surface area (Å²) in [5, 5.41) is 4.53. The zero-order valence-electron chi connectivity index (χ0n) is 30.3. The van der Waals surface area contributed by atoms with Gasteiger partial charge < -0.3 is 8.98 Å². The molecule has 0 unspecified atom stereocenters. The highest BCUT2D eigenvalue weighted by atomic mass is 16.3. The molecular formula is C52H33N3O. The summed E-state index contributed by atoms with van der Waals surface area (Å²) in [6, 6.07) is 70.0. The summed E-state index contributed by atoms with van der Waals surface area (Å²) < 4.78 is 9.37.